The van der Waals surface area contributed by atoms with Crippen LogP contribution in [0.4, 0.5) is 4.39 Å². The van der Waals surface area contributed by atoms with Crippen molar-refractivity contribution in [3.05, 3.63) is 59.9 Å². The monoisotopic (exact) mass is 371 g/mol. The highest BCUT2D eigenvalue weighted by Crippen LogP contribution is 2.26. The maximum absolute atomic E-state index is 13.0. The van der Waals surface area contributed by atoms with Gasteiger partial charge >= 0.3 is 0 Å². The summed E-state index contributed by atoms with van der Waals surface area (Å²) in [6.07, 6.45) is 1.11. The summed E-state index contributed by atoms with van der Waals surface area (Å²) in [7, 11) is -5.68. The molecule has 2 rings (SSSR count). The molecule has 0 bridgehead atoms. The summed E-state index contributed by atoms with van der Waals surface area (Å²) in [6.45, 7) is 1.69. The molecule has 0 saturated carbocycles. The van der Waals surface area contributed by atoms with Crippen LogP contribution >= 0.6 is 0 Å². The number of hydrogen-bond acceptors (Lipinski definition) is 4. The second-order valence-electron chi connectivity index (χ2n) is 5.49. The Kier molecular flexibility index (Phi) is 5.12. The van der Waals surface area contributed by atoms with Crippen molar-refractivity contribution in [1.82, 2.24) is 4.31 Å². The van der Waals surface area contributed by atoms with Gasteiger partial charge in [-0.3, -0.25) is 0 Å². The third-order valence-corrected chi connectivity index (χ3v) is 6.90. The first-order chi connectivity index (χ1) is 11.0. The molecular formula is C16H18FNO4S2. The van der Waals surface area contributed by atoms with E-state index in [-0.39, 0.29) is 9.79 Å². The average molecular weight is 371 g/mol. The Labute approximate surface area is 141 Å². The number of halogens is 1. The molecule has 0 radical (unpaired) electrons. The zero-order chi connectivity index (χ0) is 18.1. The van der Waals surface area contributed by atoms with E-state index in [1.807, 2.05) is 0 Å². The molecule has 1 atom stereocenters. The summed E-state index contributed by atoms with van der Waals surface area (Å²) < 4.78 is 62.3. The lowest BCUT2D eigenvalue weighted by molar-refractivity contribution is 0.398. The summed E-state index contributed by atoms with van der Waals surface area (Å²) in [5.41, 5.74) is 0.649. The normalized spacial score (nSPS) is 13.9. The molecule has 0 aliphatic rings. The van der Waals surface area contributed by atoms with Crippen LogP contribution in [0.3, 0.4) is 0 Å². The molecular weight excluding hydrogens is 353 g/mol. The van der Waals surface area contributed by atoms with E-state index in [9.17, 15) is 21.2 Å². The zero-order valence-electron chi connectivity index (χ0n) is 13.5. The lowest BCUT2D eigenvalue weighted by Gasteiger charge is -2.24. The summed E-state index contributed by atoms with van der Waals surface area (Å²) in [5.74, 6) is -0.513. The number of nitrogens with zero attached hydrogens (tertiary/aromatic N) is 1. The lowest BCUT2D eigenvalue weighted by atomic mass is 10.1. The Bertz CT molecular complexity index is 921. The Balaban J connectivity index is 2.31. The van der Waals surface area contributed by atoms with Crippen molar-refractivity contribution in [3.63, 3.8) is 0 Å². The second-order valence-corrected chi connectivity index (χ2v) is 9.51. The molecule has 0 aliphatic carbocycles. The van der Waals surface area contributed by atoms with Gasteiger partial charge in [-0.2, -0.15) is 4.31 Å². The first-order valence-electron chi connectivity index (χ1n) is 7.07. The highest BCUT2D eigenvalue weighted by Gasteiger charge is 2.26. The molecule has 24 heavy (non-hydrogen) atoms. The maximum Gasteiger partial charge on any atom is 0.243 e. The van der Waals surface area contributed by atoms with E-state index in [4.69, 9.17) is 0 Å². The molecule has 0 aliphatic heterocycles. The first kappa shape index (κ1) is 18.6. The van der Waals surface area contributed by atoms with Gasteiger partial charge in [0.15, 0.2) is 9.84 Å². The van der Waals surface area contributed by atoms with Crippen molar-refractivity contribution in [2.24, 2.45) is 0 Å². The van der Waals surface area contributed by atoms with Crippen LogP contribution < -0.4 is 0 Å². The van der Waals surface area contributed by atoms with Crippen LogP contribution in [-0.2, 0) is 19.9 Å². The van der Waals surface area contributed by atoms with E-state index in [1.165, 1.54) is 31.3 Å². The van der Waals surface area contributed by atoms with Crippen LogP contribution in [0, 0.1) is 5.82 Å². The number of sulfonamides is 1. The fraction of sp³-hybridized carbons (Fsp3) is 0.250. The van der Waals surface area contributed by atoms with E-state index in [1.54, 1.807) is 19.1 Å². The quantitative estimate of drug-likeness (QED) is 0.810. The molecule has 8 heteroatoms. The van der Waals surface area contributed by atoms with Gasteiger partial charge in [-0.15, -0.1) is 0 Å². The van der Waals surface area contributed by atoms with Crippen LogP contribution in [-0.4, -0.2) is 34.4 Å². The molecule has 0 N–H and O–H groups in total. The summed E-state index contributed by atoms with van der Waals surface area (Å²) in [5, 5.41) is 0. The molecule has 0 amide bonds. The van der Waals surface area contributed by atoms with Crippen molar-refractivity contribution in [1.29, 1.82) is 0 Å². The third kappa shape index (κ3) is 3.82. The van der Waals surface area contributed by atoms with Gasteiger partial charge in [0.05, 0.1) is 9.79 Å². The minimum Gasteiger partial charge on any atom is -0.224 e. The van der Waals surface area contributed by atoms with E-state index in [2.05, 4.69) is 0 Å². The molecule has 2 aromatic rings. The Morgan fingerprint density at radius 3 is 1.79 bits per heavy atom. The predicted molar refractivity (Wildman–Crippen MR) is 89.3 cm³/mol. The van der Waals surface area contributed by atoms with E-state index >= 15 is 0 Å². The van der Waals surface area contributed by atoms with Gasteiger partial charge < -0.3 is 0 Å². The van der Waals surface area contributed by atoms with E-state index in [0.717, 1.165) is 22.7 Å². The van der Waals surface area contributed by atoms with Crippen LogP contribution in [0.15, 0.2) is 58.3 Å². The second kappa shape index (κ2) is 6.62. The van der Waals surface area contributed by atoms with Crippen molar-refractivity contribution >= 4 is 19.9 Å². The third-order valence-electron chi connectivity index (χ3n) is 3.83. The molecule has 2 aromatic carbocycles. The molecule has 0 spiro atoms. The van der Waals surface area contributed by atoms with Crippen molar-refractivity contribution in [3.8, 4) is 0 Å². The van der Waals surface area contributed by atoms with Crippen molar-refractivity contribution in [2.75, 3.05) is 13.3 Å². The summed E-state index contributed by atoms with van der Waals surface area (Å²) >= 11 is 0. The highest BCUT2D eigenvalue weighted by molar-refractivity contribution is 7.90. The molecule has 0 saturated heterocycles. The summed E-state index contributed by atoms with van der Waals surface area (Å²) in [4.78, 5) is 0.161. The first-order valence-corrected chi connectivity index (χ1v) is 10.4. The molecule has 0 aromatic heterocycles. The number of hydrogen-bond donors (Lipinski definition) is 0. The maximum atomic E-state index is 13.0. The van der Waals surface area contributed by atoms with Crippen molar-refractivity contribution in [2.45, 2.75) is 22.8 Å². The van der Waals surface area contributed by atoms with Gasteiger partial charge in [-0.1, -0.05) is 12.1 Å². The Hall–Kier alpha value is -1.77. The Morgan fingerprint density at radius 1 is 0.875 bits per heavy atom. The highest BCUT2D eigenvalue weighted by atomic mass is 32.2. The average Bonchev–Trinajstić information content (AvgIpc) is 2.53. The van der Waals surface area contributed by atoms with Crippen LogP contribution in [0.1, 0.15) is 18.5 Å². The minimum absolute atomic E-state index is 0.00833. The largest absolute Gasteiger partial charge is 0.243 e. The number of sulfone groups is 1. The van der Waals surface area contributed by atoms with Crippen molar-refractivity contribution < 1.29 is 21.2 Å². The minimum atomic E-state index is -3.79. The molecule has 0 fully saturated rings. The standard InChI is InChI=1S/C16H18FNO4S2/c1-12(13-4-8-15(9-5-13)23(3,19)20)18(2)24(21,22)16-10-6-14(17)7-11-16/h4-12H,1-3H3. The van der Waals surface area contributed by atoms with Gasteiger partial charge in [-0.25, -0.2) is 21.2 Å². The lowest BCUT2D eigenvalue weighted by Crippen LogP contribution is -2.29. The van der Waals surface area contributed by atoms with E-state index in [0.29, 0.717) is 5.56 Å². The van der Waals surface area contributed by atoms with Gasteiger partial charge in [0.1, 0.15) is 5.82 Å². The molecule has 0 heterocycles. The fourth-order valence-corrected chi connectivity index (χ4v) is 4.17. The van der Waals surface area contributed by atoms with Crippen LogP contribution in [0.5, 0.6) is 0 Å². The zero-order valence-corrected chi connectivity index (χ0v) is 15.1. The smallest absolute Gasteiger partial charge is 0.224 e. The molecule has 1 unspecified atom stereocenters. The topological polar surface area (TPSA) is 71.5 Å². The van der Waals surface area contributed by atoms with Crippen LogP contribution in [0.25, 0.3) is 0 Å². The molecule has 5 nitrogen and oxygen atoms in total. The summed E-state index contributed by atoms with van der Waals surface area (Å²) in [6, 6.07) is 10.1. The Morgan fingerprint density at radius 2 is 1.33 bits per heavy atom. The molecule has 130 valence electrons. The van der Waals surface area contributed by atoms with Gasteiger partial charge in [0.25, 0.3) is 0 Å². The van der Waals surface area contributed by atoms with Gasteiger partial charge in [-0.05, 0) is 48.9 Å². The fourth-order valence-electron chi connectivity index (χ4n) is 2.18. The van der Waals surface area contributed by atoms with Crippen LogP contribution in [0.2, 0.25) is 0 Å². The van der Waals surface area contributed by atoms with Gasteiger partial charge in [0.2, 0.25) is 10.0 Å². The van der Waals surface area contributed by atoms with Gasteiger partial charge in [0, 0.05) is 19.3 Å². The number of rotatable bonds is 5. The van der Waals surface area contributed by atoms with E-state index < -0.39 is 31.7 Å². The number of benzene rings is 2. The SMILES string of the molecule is CC(c1ccc(S(C)(=O)=O)cc1)N(C)S(=O)(=O)c1ccc(F)cc1. The predicted octanol–water partition coefficient (Wildman–Crippen LogP) is 2.61.